The Morgan fingerprint density at radius 2 is 1.76 bits per heavy atom. The lowest BCUT2D eigenvalue weighted by molar-refractivity contribution is 0.0973. The molecule has 0 heterocycles. The summed E-state index contributed by atoms with van der Waals surface area (Å²) < 4.78 is 12.5. The summed E-state index contributed by atoms with van der Waals surface area (Å²) in [6.45, 7) is 5.43. The Hall–Kier alpha value is -2.90. The summed E-state index contributed by atoms with van der Waals surface area (Å²) in [4.78, 5) is 13.0. The lowest BCUT2D eigenvalue weighted by atomic mass is 10.1. The van der Waals surface area contributed by atoms with Crippen LogP contribution in [-0.2, 0) is 6.42 Å². The fourth-order valence-corrected chi connectivity index (χ4v) is 3.71. The number of amides is 1. The highest BCUT2D eigenvalue weighted by molar-refractivity contribution is 9.10. The van der Waals surface area contributed by atoms with Gasteiger partial charge >= 0.3 is 0 Å². The molecule has 3 aromatic carbocycles. The van der Waals surface area contributed by atoms with Crippen molar-refractivity contribution in [3.63, 3.8) is 0 Å². The molecule has 0 atom stereocenters. The number of anilines is 1. The van der Waals surface area contributed by atoms with Crippen LogP contribution in [0.15, 0.2) is 77.3 Å². The first-order chi connectivity index (χ1) is 16.4. The van der Waals surface area contributed by atoms with Crippen LogP contribution in [0.1, 0.15) is 36.2 Å². The molecule has 0 aromatic heterocycles. The molecule has 0 aliphatic heterocycles. The third kappa shape index (κ3) is 8.47. The minimum atomic E-state index is -0.349. The molecule has 0 saturated carbocycles. The van der Waals surface area contributed by atoms with Crippen LogP contribution in [0, 0.1) is 5.92 Å². The van der Waals surface area contributed by atoms with Gasteiger partial charge in [-0.15, -0.1) is 0 Å². The van der Waals surface area contributed by atoms with Crippen LogP contribution in [0.5, 0.6) is 11.5 Å². The van der Waals surface area contributed by atoms with Crippen molar-refractivity contribution in [1.82, 2.24) is 5.32 Å². The van der Waals surface area contributed by atoms with Crippen molar-refractivity contribution in [2.75, 3.05) is 18.5 Å². The smallest absolute Gasteiger partial charge is 0.261 e. The Morgan fingerprint density at radius 3 is 2.53 bits per heavy atom. The number of halogens is 1. The highest BCUT2D eigenvalue weighted by Crippen LogP contribution is 2.24. The molecule has 0 radical (unpaired) electrons. The topological polar surface area (TPSA) is 59.6 Å². The second-order valence-electron chi connectivity index (χ2n) is 8.19. The standard InChI is InChI=1S/C27H29BrN2O3S/c1-19(2)13-15-32-23-10-6-9-22(18-23)29-27(34)30-26(31)24-17-21(28)11-12-25(24)33-16-14-20-7-4-3-5-8-20/h3-12,17-19H,13-16H2,1-2H3,(H2,29,30,31,34). The SMILES string of the molecule is CC(C)CCOc1cccc(NC(=S)NC(=O)c2cc(Br)ccc2OCCc2ccccc2)c1. The van der Waals surface area contributed by atoms with Gasteiger partial charge in [-0.2, -0.15) is 0 Å². The van der Waals surface area contributed by atoms with E-state index in [1.54, 1.807) is 12.1 Å². The van der Waals surface area contributed by atoms with Crippen LogP contribution in [0.25, 0.3) is 0 Å². The van der Waals surface area contributed by atoms with Crippen LogP contribution in [0.4, 0.5) is 5.69 Å². The van der Waals surface area contributed by atoms with E-state index < -0.39 is 0 Å². The maximum Gasteiger partial charge on any atom is 0.261 e. The van der Waals surface area contributed by atoms with Crippen molar-refractivity contribution >= 4 is 44.9 Å². The second-order valence-corrected chi connectivity index (χ2v) is 9.52. The Kier molecular flexibility index (Phi) is 9.91. The zero-order chi connectivity index (χ0) is 24.3. The van der Waals surface area contributed by atoms with Crippen molar-refractivity contribution in [3.8, 4) is 11.5 Å². The molecule has 0 aliphatic rings. The number of carbonyl (C=O) groups is 1. The van der Waals surface area contributed by atoms with Gasteiger partial charge in [0.05, 0.1) is 18.8 Å². The highest BCUT2D eigenvalue weighted by Gasteiger charge is 2.15. The molecule has 3 rings (SSSR count). The lowest BCUT2D eigenvalue weighted by Crippen LogP contribution is -2.34. The Balaban J connectivity index is 1.58. The summed E-state index contributed by atoms with van der Waals surface area (Å²) in [5, 5.41) is 5.98. The number of hydrogen-bond donors (Lipinski definition) is 2. The van der Waals surface area contributed by atoms with Gasteiger partial charge in [0.2, 0.25) is 0 Å². The van der Waals surface area contributed by atoms with Crippen LogP contribution < -0.4 is 20.1 Å². The molecule has 0 spiro atoms. The molecule has 34 heavy (non-hydrogen) atoms. The summed E-state index contributed by atoms with van der Waals surface area (Å²) >= 11 is 8.80. The third-order valence-corrected chi connectivity index (χ3v) is 5.66. The molecular formula is C27H29BrN2O3S. The van der Waals surface area contributed by atoms with Crippen molar-refractivity contribution in [2.24, 2.45) is 5.92 Å². The molecule has 2 N–H and O–H groups in total. The summed E-state index contributed by atoms with van der Waals surface area (Å²) in [5.41, 5.74) is 2.31. The van der Waals surface area contributed by atoms with Gasteiger partial charge in [0.1, 0.15) is 11.5 Å². The summed E-state index contributed by atoms with van der Waals surface area (Å²) in [6.07, 6.45) is 1.72. The lowest BCUT2D eigenvalue weighted by Gasteiger charge is -2.14. The molecule has 0 unspecified atom stereocenters. The summed E-state index contributed by atoms with van der Waals surface area (Å²) in [6, 6.07) is 22.9. The fourth-order valence-electron chi connectivity index (χ4n) is 3.14. The molecule has 1 amide bonds. The van der Waals surface area contributed by atoms with E-state index in [0.29, 0.717) is 30.4 Å². The van der Waals surface area contributed by atoms with Crippen molar-refractivity contribution < 1.29 is 14.3 Å². The predicted octanol–water partition coefficient (Wildman–Crippen LogP) is 6.62. The molecule has 7 heteroatoms. The van der Waals surface area contributed by atoms with E-state index in [9.17, 15) is 4.79 Å². The summed E-state index contributed by atoms with van der Waals surface area (Å²) in [7, 11) is 0. The molecule has 3 aromatic rings. The number of hydrogen-bond acceptors (Lipinski definition) is 4. The van der Waals surface area contributed by atoms with E-state index in [1.807, 2.05) is 60.7 Å². The van der Waals surface area contributed by atoms with Crippen LogP contribution in [-0.4, -0.2) is 24.2 Å². The van der Waals surface area contributed by atoms with E-state index in [2.05, 4.69) is 40.4 Å². The number of benzene rings is 3. The van der Waals surface area contributed by atoms with Gasteiger partial charge < -0.3 is 14.8 Å². The highest BCUT2D eigenvalue weighted by atomic mass is 79.9. The normalized spacial score (nSPS) is 10.6. The number of rotatable bonds is 10. The van der Waals surface area contributed by atoms with Crippen LogP contribution in [0.2, 0.25) is 0 Å². The van der Waals surface area contributed by atoms with Crippen molar-refractivity contribution in [3.05, 3.63) is 88.4 Å². The Morgan fingerprint density at radius 1 is 0.971 bits per heavy atom. The maximum absolute atomic E-state index is 13.0. The quantitative estimate of drug-likeness (QED) is 0.283. The van der Waals surface area contributed by atoms with E-state index in [-0.39, 0.29) is 11.0 Å². The van der Waals surface area contributed by atoms with Gasteiger partial charge in [-0.3, -0.25) is 10.1 Å². The molecule has 0 aliphatic carbocycles. The maximum atomic E-state index is 13.0. The van der Waals surface area contributed by atoms with Crippen LogP contribution in [0.3, 0.4) is 0 Å². The zero-order valence-electron chi connectivity index (χ0n) is 19.3. The largest absolute Gasteiger partial charge is 0.494 e. The van der Waals surface area contributed by atoms with Gasteiger partial charge in [0.25, 0.3) is 5.91 Å². The van der Waals surface area contributed by atoms with Crippen LogP contribution >= 0.6 is 28.1 Å². The first-order valence-corrected chi connectivity index (χ1v) is 12.4. The average molecular weight is 542 g/mol. The fraction of sp³-hybridized carbons (Fsp3) is 0.259. The minimum Gasteiger partial charge on any atom is -0.494 e. The van der Waals surface area contributed by atoms with E-state index in [1.165, 1.54) is 5.56 Å². The van der Waals surface area contributed by atoms with Gasteiger partial charge in [-0.05, 0) is 60.5 Å². The van der Waals surface area contributed by atoms with Crippen molar-refractivity contribution in [1.29, 1.82) is 0 Å². The monoisotopic (exact) mass is 540 g/mol. The van der Waals surface area contributed by atoms with Gasteiger partial charge in [0, 0.05) is 22.6 Å². The van der Waals surface area contributed by atoms with Gasteiger partial charge in [-0.1, -0.05) is 66.2 Å². The predicted molar refractivity (Wildman–Crippen MR) is 145 cm³/mol. The third-order valence-electron chi connectivity index (χ3n) is 4.96. The average Bonchev–Trinajstić information content (AvgIpc) is 2.80. The molecule has 0 bridgehead atoms. The first-order valence-electron chi connectivity index (χ1n) is 11.2. The molecule has 0 fully saturated rings. The molecular weight excluding hydrogens is 512 g/mol. The Labute approximate surface area is 215 Å². The molecule has 178 valence electrons. The van der Waals surface area contributed by atoms with Gasteiger partial charge in [-0.25, -0.2) is 0 Å². The first kappa shape index (κ1) is 25.7. The number of carbonyl (C=O) groups excluding carboxylic acids is 1. The van der Waals surface area contributed by atoms with E-state index >= 15 is 0 Å². The molecule has 0 saturated heterocycles. The van der Waals surface area contributed by atoms with Gasteiger partial charge in [0.15, 0.2) is 5.11 Å². The summed E-state index contributed by atoms with van der Waals surface area (Å²) in [5.74, 6) is 1.48. The van der Waals surface area contributed by atoms with E-state index in [4.69, 9.17) is 21.7 Å². The number of nitrogens with one attached hydrogen (secondary N) is 2. The van der Waals surface area contributed by atoms with E-state index in [0.717, 1.165) is 28.8 Å². The zero-order valence-corrected chi connectivity index (χ0v) is 21.7. The molecule has 5 nitrogen and oxygen atoms in total. The van der Waals surface area contributed by atoms with Crippen molar-refractivity contribution in [2.45, 2.75) is 26.7 Å². The number of ether oxygens (including phenoxy) is 2. The number of thiocarbonyl (C=S) groups is 1. The Bertz CT molecular complexity index is 1110. The minimum absolute atomic E-state index is 0.194. The second kappa shape index (κ2) is 13.1.